The number of amides is 1. The van der Waals surface area contributed by atoms with E-state index in [-0.39, 0.29) is 23.9 Å². The topological polar surface area (TPSA) is 63.1 Å². The van der Waals surface area contributed by atoms with Crippen molar-refractivity contribution in [2.45, 2.75) is 31.7 Å². The average molecular weight is 394 g/mol. The number of hydrogen-bond acceptors (Lipinski definition) is 4. The summed E-state index contributed by atoms with van der Waals surface area (Å²) < 4.78 is 16.3. The van der Waals surface area contributed by atoms with Crippen molar-refractivity contribution in [3.63, 3.8) is 0 Å². The minimum absolute atomic E-state index is 0. The van der Waals surface area contributed by atoms with E-state index in [1.54, 1.807) is 23.6 Å². The summed E-state index contributed by atoms with van der Waals surface area (Å²) in [5, 5.41) is 11.0. The number of nitrogens with one attached hydrogen (secondary N) is 1. The molecule has 4 rings (SSSR count). The Morgan fingerprint density at radius 1 is 1.19 bits per heavy atom. The first-order chi connectivity index (χ1) is 12.7. The van der Waals surface area contributed by atoms with E-state index in [0.29, 0.717) is 25.0 Å². The minimum atomic E-state index is -0.427. The molecule has 6 nitrogen and oxygen atoms in total. The number of carbonyl (C=O) groups is 1. The maximum absolute atomic E-state index is 14.3. The van der Waals surface area contributed by atoms with Crippen molar-refractivity contribution in [3.05, 3.63) is 47.8 Å². The van der Waals surface area contributed by atoms with Gasteiger partial charge in [-0.25, -0.2) is 4.39 Å². The molecule has 0 saturated carbocycles. The first-order valence-electron chi connectivity index (χ1n) is 9.33. The molecule has 1 unspecified atom stereocenters. The van der Waals surface area contributed by atoms with Gasteiger partial charge in [0.25, 0.3) is 5.91 Å². The van der Waals surface area contributed by atoms with Crippen LogP contribution in [0, 0.1) is 11.7 Å². The van der Waals surface area contributed by atoms with E-state index in [2.05, 4.69) is 15.5 Å². The maximum atomic E-state index is 14.3. The van der Waals surface area contributed by atoms with Gasteiger partial charge in [-0.2, -0.15) is 0 Å². The molecule has 2 aliphatic heterocycles. The van der Waals surface area contributed by atoms with Crippen LogP contribution < -0.4 is 5.32 Å². The molecule has 146 valence electrons. The molecule has 3 heterocycles. The standard InChI is InChI=1S/C19H24FN5O.ClH/c20-18-2-1-14(9-15-3-6-21-11-15)10-17(18)19(26)24-7-4-16(5-8-24)25-12-22-23-13-25;/h1-2,10,12-13,15-16,21H,3-9,11H2;1H. The first kappa shape index (κ1) is 19.8. The lowest BCUT2D eigenvalue weighted by Crippen LogP contribution is -2.39. The number of hydrogen-bond donors (Lipinski definition) is 1. The Hall–Kier alpha value is -1.99. The monoisotopic (exact) mass is 393 g/mol. The second-order valence-corrected chi connectivity index (χ2v) is 7.31. The van der Waals surface area contributed by atoms with Crippen molar-refractivity contribution >= 4 is 18.3 Å². The summed E-state index contributed by atoms with van der Waals surface area (Å²) in [4.78, 5) is 14.6. The summed E-state index contributed by atoms with van der Waals surface area (Å²) >= 11 is 0. The lowest BCUT2D eigenvalue weighted by Gasteiger charge is -2.32. The van der Waals surface area contributed by atoms with Crippen molar-refractivity contribution in [2.24, 2.45) is 5.92 Å². The van der Waals surface area contributed by atoms with Crippen LogP contribution >= 0.6 is 12.4 Å². The zero-order valence-corrected chi connectivity index (χ0v) is 16.0. The van der Waals surface area contributed by atoms with Crippen LogP contribution in [-0.4, -0.2) is 51.8 Å². The van der Waals surface area contributed by atoms with E-state index in [1.165, 1.54) is 6.07 Å². The second kappa shape index (κ2) is 8.80. The van der Waals surface area contributed by atoms with Crippen molar-refractivity contribution in [2.75, 3.05) is 26.2 Å². The van der Waals surface area contributed by atoms with E-state index in [9.17, 15) is 9.18 Å². The van der Waals surface area contributed by atoms with E-state index in [0.717, 1.165) is 44.3 Å². The Bertz CT molecular complexity index is 755. The van der Waals surface area contributed by atoms with Crippen LogP contribution in [0.2, 0.25) is 0 Å². The normalized spacial score (nSPS) is 20.5. The van der Waals surface area contributed by atoms with Gasteiger partial charge in [0.1, 0.15) is 18.5 Å². The van der Waals surface area contributed by atoms with Gasteiger partial charge in [-0.3, -0.25) is 4.79 Å². The number of benzene rings is 1. The number of carbonyl (C=O) groups excluding carboxylic acids is 1. The molecule has 0 radical (unpaired) electrons. The number of aromatic nitrogens is 3. The van der Waals surface area contributed by atoms with E-state index >= 15 is 0 Å². The van der Waals surface area contributed by atoms with E-state index in [4.69, 9.17) is 0 Å². The molecule has 0 spiro atoms. The molecule has 1 atom stereocenters. The third-order valence-electron chi connectivity index (χ3n) is 5.56. The number of piperidine rings is 1. The van der Waals surface area contributed by atoms with Crippen LogP contribution in [0.1, 0.15) is 41.2 Å². The van der Waals surface area contributed by atoms with Gasteiger partial charge in [-0.1, -0.05) is 6.07 Å². The lowest BCUT2D eigenvalue weighted by atomic mass is 9.96. The quantitative estimate of drug-likeness (QED) is 0.866. The number of halogens is 2. The highest BCUT2D eigenvalue weighted by molar-refractivity contribution is 5.94. The SMILES string of the molecule is Cl.O=C(c1cc(CC2CCNC2)ccc1F)N1CCC(n2cnnc2)CC1. The van der Waals surface area contributed by atoms with Crippen molar-refractivity contribution in [1.29, 1.82) is 0 Å². The van der Waals surface area contributed by atoms with Crippen molar-refractivity contribution < 1.29 is 9.18 Å². The summed E-state index contributed by atoms with van der Waals surface area (Å²) in [5.41, 5.74) is 1.25. The first-order valence-corrected chi connectivity index (χ1v) is 9.33. The second-order valence-electron chi connectivity index (χ2n) is 7.31. The van der Waals surface area contributed by atoms with Crippen LogP contribution in [0.3, 0.4) is 0 Å². The van der Waals surface area contributed by atoms with Gasteiger partial charge in [0.15, 0.2) is 0 Å². The van der Waals surface area contributed by atoms with Crippen molar-refractivity contribution in [3.8, 4) is 0 Å². The van der Waals surface area contributed by atoms with Crippen LogP contribution in [0.25, 0.3) is 0 Å². The molecule has 1 aromatic carbocycles. The molecule has 2 saturated heterocycles. The molecular formula is C19H25ClFN5O. The largest absolute Gasteiger partial charge is 0.338 e. The predicted octanol–water partition coefficient (Wildman–Crippen LogP) is 2.47. The summed E-state index contributed by atoms with van der Waals surface area (Å²) in [6.45, 7) is 3.28. The molecule has 8 heteroatoms. The highest BCUT2D eigenvalue weighted by Crippen LogP contribution is 2.24. The van der Waals surface area contributed by atoms with Gasteiger partial charge in [-0.15, -0.1) is 22.6 Å². The van der Waals surface area contributed by atoms with Crippen LogP contribution in [0.15, 0.2) is 30.9 Å². The van der Waals surface area contributed by atoms with Gasteiger partial charge in [-0.05, 0) is 62.4 Å². The Morgan fingerprint density at radius 3 is 2.59 bits per heavy atom. The molecule has 2 fully saturated rings. The van der Waals surface area contributed by atoms with Gasteiger partial charge < -0.3 is 14.8 Å². The van der Waals surface area contributed by atoms with Gasteiger partial charge >= 0.3 is 0 Å². The molecule has 2 aromatic rings. The van der Waals surface area contributed by atoms with Gasteiger partial charge in [0.2, 0.25) is 0 Å². The highest BCUT2D eigenvalue weighted by Gasteiger charge is 2.26. The Morgan fingerprint density at radius 2 is 1.93 bits per heavy atom. The van der Waals surface area contributed by atoms with E-state index < -0.39 is 5.82 Å². The average Bonchev–Trinajstić information content (AvgIpc) is 3.37. The maximum Gasteiger partial charge on any atom is 0.256 e. The fraction of sp³-hybridized carbons (Fsp3) is 0.526. The third-order valence-corrected chi connectivity index (χ3v) is 5.56. The zero-order valence-electron chi connectivity index (χ0n) is 15.2. The number of rotatable bonds is 4. The molecule has 1 N–H and O–H groups in total. The van der Waals surface area contributed by atoms with Crippen molar-refractivity contribution in [1.82, 2.24) is 25.0 Å². The van der Waals surface area contributed by atoms with Crippen LogP contribution in [0.5, 0.6) is 0 Å². The Balaban J connectivity index is 0.00000210. The van der Waals surface area contributed by atoms with Crippen LogP contribution in [0.4, 0.5) is 4.39 Å². The van der Waals surface area contributed by atoms with Gasteiger partial charge in [0, 0.05) is 19.1 Å². The Labute approximate surface area is 164 Å². The van der Waals surface area contributed by atoms with E-state index in [1.807, 2.05) is 10.6 Å². The number of nitrogens with zero attached hydrogens (tertiary/aromatic N) is 4. The summed E-state index contributed by atoms with van der Waals surface area (Å²) in [6.07, 6.45) is 7.12. The molecular weight excluding hydrogens is 369 g/mol. The zero-order chi connectivity index (χ0) is 17.9. The number of likely N-dealkylation sites (tertiary alicyclic amines) is 1. The highest BCUT2D eigenvalue weighted by atomic mass is 35.5. The fourth-order valence-corrected chi connectivity index (χ4v) is 4.02. The fourth-order valence-electron chi connectivity index (χ4n) is 4.02. The van der Waals surface area contributed by atoms with Gasteiger partial charge in [0.05, 0.1) is 5.56 Å². The summed E-state index contributed by atoms with van der Waals surface area (Å²) in [5.74, 6) is -0.0525. The molecule has 2 aliphatic rings. The smallest absolute Gasteiger partial charge is 0.256 e. The summed E-state index contributed by atoms with van der Waals surface area (Å²) in [7, 11) is 0. The molecule has 27 heavy (non-hydrogen) atoms. The molecule has 0 bridgehead atoms. The summed E-state index contributed by atoms with van der Waals surface area (Å²) in [6, 6.07) is 5.31. The minimum Gasteiger partial charge on any atom is -0.338 e. The van der Waals surface area contributed by atoms with Crippen LogP contribution in [-0.2, 0) is 6.42 Å². The lowest BCUT2D eigenvalue weighted by molar-refractivity contribution is 0.0689. The molecule has 0 aliphatic carbocycles. The third kappa shape index (κ3) is 4.47. The molecule has 1 amide bonds. The molecule has 1 aromatic heterocycles. The Kier molecular flexibility index (Phi) is 6.44. The predicted molar refractivity (Wildman–Crippen MR) is 103 cm³/mol.